The summed E-state index contributed by atoms with van der Waals surface area (Å²) in [6.45, 7) is 6.97. The SMILES string of the molecule is CN=Cc1ccccc1Pc1cc([Si](C)(C)C)ccc1O. The molecule has 0 spiro atoms. The van der Waals surface area contributed by atoms with Crippen LogP contribution in [0.15, 0.2) is 47.5 Å². The van der Waals surface area contributed by atoms with Crippen molar-refractivity contribution in [2.45, 2.75) is 19.6 Å². The Labute approximate surface area is 129 Å². The fourth-order valence-corrected chi connectivity index (χ4v) is 4.62. The lowest BCUT2D eigenvalue weighted by Gasteiger charge is -2.18. The van der Waals surface area contributed by atoms with Gasteiger partial charge in [0.15, 0.2) is 0 Å². The van der Waals surface area contributed by atoms with Crippen LogP contribution in [0, 0.1) is 0 Å². The van der Waals surface area contributed by atoms with Crippen molar-refractivity contribution in [1.82, 2.24) is 0 Å². The molecule has 0 saturated heterocycles. The van der Waals surface area contributed by atoms with Gasteiger partial charge in [0.1, 0.15) is 5.75 Å². The van der Waals surface area contributed by atoms with E-state index < -0.39 is 8.07 Å². The molecule has 0 bridgehead atoms. The van der Waals surface area contributed by atoms with Crippen molar-refractivity contribution in [2.24, 2.45) is 4.99 Å². The smallest absolute Gasteiger partial charge is 0.123 e. The van der Waals surface area contributed by atoms with E-state index in [-0.39, 0.29) is 0 Å². The molecule has 21 heavy (non-hydrogen) atoms. The summed E-state index contributed by atoms with van der Waals surface area (Å²) in [5.41, 5.74) is 1.12. The average molecular weight is 315 g/mol. The number of hydrogen-bond donors (Lipinski definition) is 1. The second kappa shape index (κ2) is 6.55. The van der Waals surface area contributed by atoms with Crippen LogP contribution in [0.3, 0.4) is 0 Å². The lowest BCUT2D eigenvalue weighted by atomic mass is 10.2. The molecule has 0 aromatic heterocycles. The predicted octanol–water partition coefficient (Wildman–Crippen LogP) is 2.62. The van der Waals surface area contributed by atoms with Crippen LogP contribution >= 0.6 is 8.58 Å². The number of hydrogen-bond acceptors (Lipinski definition) is 2. The van der Waals surface area contributed by atoms with E-state index in [0.717, 1.165) is 10.9 Å². The van der Waals surface area contributed by atoms with Gasteiger partial charge in [-0.05, 0) is 16.9 Å². The van der Waals surface area contributed by atoms with E-state index in [4.69, 9.17) is 0 Å². The van der Waals surface area contributed by atoms with Gasteiger partial charge < -0.3 is 5.11 Å². The molecule has 1 atom stereocenters. The van der Waals surface area contributed by atoms with Gasteiger partial charge in [0.25, 0.3) is 0 Å². The standard InChI is InChI=1S/C17H22NOPSi/c1-18-12-13-7-5-6-8-16(13)20-17-11-14(21(2,3)4)9-10-15(17)19/h5-12,19-20H,1-4H3. The summed E-state index contributed by atoms with van der Waals surface area (Å²) in [6.07, 6.45) is 1.88. The van der Waals surface area contributed by atoms with Crippen molar-refractivity contribution in [3.8, 4) is 5.75 Å². The molecule has 0 amide bonds. The third-order valence-corrected chi connectivity index (χ3v) is 6.80. The van der Waals surface area contributed by atoms with Crippen LogP contribution in [-0.2, 0) is 0 Å². The molecule has 4 heteroatoms. The van der Waals surface area contributed by atoms with Crippen LogP contribution in [0.2, 0.25) is 19.6 Å². The van der Waals surface area contributed by atoms with Gasteiger partial charge in [-0.1, -0.05) is 69.8 Å². The molecular formula is C17H22NOPSi. The van der Waals surface area contributed by atoms with Crippen molar-refractivity contribution < 1.29 is 5.11 Å². The van der Waals surface area contributed by atoms with E-state index in [1.807, 2.05) is 24.4 Å². The predicted molar refractivity (Wildman–Crippen MR) is 98.6 cm³/mol. The minimum atomic E-state index is -1.37. The molecule has 0 aliphatic carbocycles. The minimum absolute atomic E-state index is 0.388. The first kappa shape index (κ1) is 15.9. The molecule has 1 unspecified atom stereocenters. The Morgan fingerprint density at radius 2 is 1.76 bits per heavy atom. The molecule has 0 aliphatic heterocycles. The highest BCUT2D eigenvalue weighted by atomic mass is 31.1. The average Bonchev–Trinajstić information content (AvgIpc) is 2.42. The van der Waals surface area contributed by atoms with E-state index in [0.29, 0.717) is 14.3 Å². The van der Waals surface area contributed by atoms with Gasteiger partial charge in [-0.2, -0.15) is 0 Å². The molecule has 2 aromatic rings. The van der Waals surface area contributed by atoms with Gasteiger partial charge in [0, 0.05) is 18.6 Å². The topological polar surface area (TPSA) is 32.6 Å². The van der Waals surface area contributed by atoms with Gasteiger partial charge in [-0.25, -0.2) is 0 Å². The number of nitrogens with zero attached hydrogens (tertiary/aromatic N) is 1. The highest BCUT2D eigenvalue weighted by Gasteiger charge is 2.18. The Kier molecular flexibility index (Phi) is 4.97. The fourth-order valence-electron chi connectivity index (χ4n) is 2.11. The number of benzene rings is 2. The first-order valence-electron chi connectivity index (χ1n) is 7.03. The van der Waals surface area contributed by atoms with Gasteiger partial charge >= 0.3 is 0 Å². The van der Waals surface area contributed by atoms with E-state index in [1.165, 1.54) is 10.5 Å². The molecule has 2 aromatic carbocycles. The Morgan fingerprint density at radius 1 is 1.05 bits per heavy atom. The van der Waals surface area contributed by atoms with Crippen LogP contribution in [0.1, 0.15) is 5.56 Å². The van der Waals surface area contributed by atoms with E-state index in [1.54, 1.807) is 7.05 Å². The van der Waals surface area contributed by atoms with Crippen molar-refractivity contribution >= 4 is 38.7 Å². The maximum absolute atomic E-state index is 10.2. The molecule has 2 nitrogen and oxygen atoms in total. The Hall–Kier alpha value is -1.44. The molecule has 110 valence electrons. The zero-order valence-electron chi connectivity index (χ0n) is 13.0. The minimum Gasteiger partial charge on any atom is -0.507 e. The first-order valence-corrected chi connectivity index (χ1v) is 11.5. The molecule has 0 radical (unpaired) electrons. The first-order chi connectivity index (χ1) is 9.91. The summed E-state index contributed by atoms with van der Waals surface area (Å²) in [7, 11) is 0.855. The zero-order chi connectivity index (χ0) is 15.5. The van der Waals surface area contributed by atoms with Crippen molar-refractivity contribution in [1.29, 1.82) is 0 Å². The lowest BCUT2D eigenvalue weighted by molar-refractivity contribution is 0.480. The molecule has 0 saturated carbocycles. The number of aliphatic imine (C=N–C) groups is 1. The summed E-state index contributed by atoms with van der Waals surface area (Å²) in [6, 6.07) is 14.3. The third-order valence-electron chi connectivity index (χ3n) is 3.36. The third kappa shape index (κ3) is 4.02. The number of aromatic hydroxyl groups is 1. The highest BCUT2D eigenvalue weighted by molar-refractivity contribution is 7.56. The molecule has 0 heterocycles. The monoisotopic (exact) mass is 315 g/mol. The molecular weight excluding hydrogens is 293 g/mol. The summed E-state index contributed by atoms with van der Waals surface area (Å²) < 4.78 is 0. The quantitative estimate of drug-likeness (QED) is 0.525. The van der Waals surface area contributed by atoms with Crippen LogP contribution in [0.4, 0.5) is 0 Å². The summed E-state index contributed by atoms with van der Waals surface area (Å²) in [5.74, 6) is 0.388. The van der Waals surface area contributed by atoms with Crippen molar-refractivity contribution in [3.05, 3.63) is 48.0 Å². The van der Waals surface area contributed by atoms with Crippen LogP contribution in [0.25, 0.3) is 0 Å². The summed E-state index contributed by atoms with van der Waals surface area (Å²) in [5, 5.41) is 13.8. The van der Waals surface area contributed by atoms with Gasteiger partial charge in [-0.3, -0.25) is 4.99 Å². The fraction of sp³-hybridized carbons (Fsp3) is 0.235. The zero-order valence-corrected chi connectivity index (χ0v) is 15.0. The molecule has 0 aliphatic rings. The normalized spacial score (nSPS) is 12.6. The Bertz CT molecular complexity index is 662. The van der Waals surface area contributed by atoms with Crippen LogP contribution in [-0.4, -0.2) is 26.4 Å². The van der Waals surface area contributed by atoms with E-state index in [9.17, 15) is 5.11 Å². The van der Waals surface area contributed by atoms with Crippen molar-refractivity contribution in [2.75, 3.05) is 7.05 Å². The van der Waals surface area contributed by atoms with Crippen LogP contribution < -0.4 is 15.8 Å². The van der Waals surface area contributed by atoms with Crippen LogP contribution in [0.5, 0.6) is 5.75 Å². The van der Waals surface area contributed by atoms with E-state index in [2.05, 4.69) is 48.9 Å². The summed E-state index contributed by atoms with van der Waals surface area (Å²) in [4.78, 5) is 4.11. The number of phenols is 1. The molecule has 1 N–H and O–H groups in total. The molecule has 2 rings (SSSR count). The second-order valence-electron chi connectivity index (χ2n) is 6.08. The Morgan fingerprint density at radius 3 is 2.43 bits per heavy atom. The largest absolute Gasteiger partial charge is 0.507 e. The summed E-state index contributed by atoms with van der Waals surface area (Å²) >= 11 is 0. The Balaban J connectivity index is 2.40. The molecule has 0 fully saturated rings. The van der Waals surface area contributed by atoms with E-state index >= 15 is 0 Å². The maximum Gasteiger partial charge on any atom is 0.123 e. The maximum atomic E-state index is 10.2. The number of rotatable bonds is 4. The van der Waals surface area contributed by atoms with Crippen molar-refractivity contribution in [3.63, 3.8) is 0 Å². The van der Waals surface area contributed by atoms with Gasteiger partial charge in [0.2, 0.25) is 0 Å². The van der Waals surface area contributed by atoms with Gasteiger partial charge in [-0.15, -0.1) is 0 Å². The second-order valence-corrected chi connectivity index (χ2v) is 12.5. The number of phenolic OH excluding ortho intramolecular Hbond substituents is 1. The lowest BCUT2D eigenvalue weighted by Crippen LogP contribution is -2.38. The highest BCUT2D eigenvalue weighted by Crippen LogP contribution is 2.19. The van der Waals surface area contributed by atoms with Gasteiger partial charge in [0.05, 0.1) is 8.07 Å².